The van der Waals surface area contributed by atoms with Gasteiger partial charge in [0.1, 0.15) is 5.82 Å². The number of nitro benzene ring substituents is 1. The third-order valence-corrected chi connectivity index (χ3v) is 3.30. The first kappa shape index (κ1) is 12.0. The molecular weight excluding hydrogens is 271 g/mol. The first-order valence-corrected chi connectivity index (χ1v) is 6.10. The van der Waals surface area contributed by atoms with Gasteiger partial charge in [0.2, 0.25) is 0 Å². The second kappa shape index (κ2) is 4.23. The quantitative estimate of drug-likeness (QED) is 0.532. The maximum absolute atomic E-state index is 13.4. The van der Waals surface area contributed by atoms with Crippen LogP contribution in [0.15, 0.2) is 18.2 Å². The van der Waals surface area contributed by atoms with Gasteiger partial charge >= 0.3 is 0 Å². The van der Waals surface area contributed by atoms with Crippen LogP contribution in [-0.2, 0) is 0 Å². The van der Waals surface area contributed by atoms with Gasteiger partial charge < -0.3 is 0 Å². The Labute approximate surface area is 112 Å². The van der Waals surface area contributed by atoms with E-state index >= 15 is 0 Å². The lowest BCUT2D eigenvalue weighted by atomic mass is 10.1. The predicted molar refractivity (Wildman–Crippen MR) is 67.7 cm³/mol. The number of halogens is 1. The summed E-state index contributed by atoms with van der Waals surface area (Å²) >= 11 is 5.11. The second-order valence-corrected chi connectivity index (χ2v) is 4.76. The molecular formula is C11H9FN4O2S. The topological polar surface area (TPSA) is 76.8 Å². The number of nitrogens with zero attached hydrogens (tertiary/aromatic N) is 3. The fourth-order valence-electron chi connectivity index (χ4n) is 2.01. The van der Waals surface area contributed by atoms with Crippen molar-refractivity contribution >= 4 is 17.9 Å². The van der Waals surface area contributed by atoms with Gasteiger partial charge in [-0.05, 0) is 37.2 Å². The molecule has 98 valence electrons. The molecule has 2 aromatic rings. The van der Waals surface area contributed by atoms with E-state index in [4.69, 9.17) is 12.2 Å². The van der Waals surface area contributed by atoms with Crippen LogP contribution in [0.5, 0.6) is 0 Å². The van der Waals surface area contributed by atoms with Crippen LogP contribution in [-0.4, -0.2) is 19.7 Å². The Hall–Kier alpha value is -2.09. The van der Waals surface area contributed by atoms with E-state index in [1.165, 1.54) is 0 Å². The average molecular weight is 280 g/mol. The summed E-state index contributed by atoms with van der Waals surface area (Å²) in [6.45, 7) is 0. The van der Waals surface area contributed by atoms with Gasteiger partial charge in [-0.25, -0.2) is 4.39 Å². The van der Waals surface area contributed by atoms with Crippen molar-refractivity contribution in [2.24, 2.45) is 0 Å². The summed E-state index contributed by atoms with van der Waals surface area (Å²) in [7, 11) is 0. The number of H-pyrrole nitrogens is 1. The predicted octanol–water partition coefficient (Wildman–Crippen LogP) is 2.99. The molecule has 0 bridgehead atoms. The molecule has 1 aromatic carbocycles. The van der Waals surface area contributed by atoms with Crippen LogP contribution in [0.25, 0.3) is 11.4 Å². The maximum atomic E-state index is 13.4. The van der Waals surface area contributed by atoms with Crippen molar-refractivity contribution in [3.05, 3.63) is 38.9 Å². The fraction of sp³-hybridized carbons (Fsp3) is 0.273. The van der Waals surface area contributed by atoms with Crippen LogP contribution < -0.4 is 0 Å². The summed E-state index contributed by atoms with van der Waals surface area (Å²) < 4.78 is 15.5. The molecule has 6 nitrogen and oxygen atoms in total. The number of nitrogens with one attached hydrogen (secondary N) is 1. The minimum Gasteiger partial charge on any atom is -0.297 e. The number of rotatable bonds is 3. The number of hydrogen-bond acceptors (Lipinski definition) is 4. The van der Waals surface area contributed by atoms with Crippen molar-refractivity contribution in [1.82, 2.24) is 14.8 Å². The van der Waals surface area contributed by atoms with Gasteiger partial charge in [0.25, 0.3) is 5.69 Å². The monoisotopic (exact) mass is 280 g/mol. The SMILES string of the molecule is O=[N+]([O-])c1ccc(F)cc1-c1n[nH]c(=S)n1C1CC1. The second-order valence-electron chi connectivity index (χ2n) is 4.37. The van der Waals surface area contributed by atoms with Crippen LogP contribution in [0.2, 0.25) is 0 Å². The van der Waals surface area contributed by atoms with E-state index in [0.717, 1.165) is 31.0 Å². The van der Waals surface area contributed by atoms with Crippen LogP contribution in [0.3, 0.4) is 0 Å². The van der Waals surface area contributed by atoms with Crippen LogP contribution in [0, 0.1) is 20.7 Å². The van der Waals surface area contributed by atoms with E-state index in [1.54, 1.807) is 4.57 Å². The molecule has 1 fully saturated rings. The molecule has 0 spiro atoms. The summed E-state index contributed by atoms with van der Waals surface area (Å²) in [6.07, 6.45) is 1.90. The largest absolute Gasteiger partial charge is 0.297 e. The summed E-state index contributed by atoms with van der Waals surface area (Å²) in [5.41, 5.74) is -0.0402. The minimum absolute atomic E-state index is 0.143. The molecule has 1 saturated carbocycles. The van der Waals surface area contributed by atoms with E-state index in [2.05, 4.69) is 10.2 Å². The Bertz CT molecular complexity index is 720. The highest BCUT2D eigenvalue weighted by molar-refractivity contribution is 7.71. The lowest BCUT2D eigenvalue weighted by Crippen LogP contribution is -2.01. The highest BCUT2D eigenvalue weighted by atomic mass is 32.1. The van der Waals surface area contributed by atoms with Crippen molar-refractivity contribution in [2.75, 3.05) is 0 Å². The molecule has 0 saturated heterocycles. The van der Waals surface area contributed by atoms with Crippen molar-refractivity contribution in [2.45, 2.75) is 18.9 Å². The number of aromatic amines is 1. The first-order valence-electron chi connectivity index (χ1n) is 5.69. The molecule has 1 aliphatic carbocycles. The molecule has 8 heteroatoms. The number of benzene rings is 1. The van der Waals surface area contributed by atoms with E-state index in [-0.39, 0.29) is 17.3 Å². The third-order valence-electron chi connectivity index (χ3n) is 3.01. The lowest BCUT2D eigenvalue weighted by molar-refractivity contribution is -0.384. The summed E-state index contributed by atoms with van der Waals surface area (Å²) in [6, 6.07) is 3.51. The average Bonchev–Trinajstić information content (AvgIpc) is 3.12. The van der Waals surface area contributed by atoms with Crippen LogP contribution in [0.4, 0.5) is 10.1 Å². The minimum atomic E-state index is -0.552. The Balaban J connectivity index is 2.24. The van der Waals surface area contributed by atoms with E-state index < -0.39 is 10.7 Å². The third kappa shape index (κ3) is 2.03. The highest BCUT2D eigenvalue weighted by Gasteiger charge is 2.30. The van der Waals surface area contributed by atoms with Crippen molar-refractivity contribution in [1.29, 1.82) is 0 Å². The van der Waals surface area contributed by atoms with Gasteiger partial charge in [0, 0.05) is 12.1 Å². The van der Waals surface area contributed by atoms with E-state index in [0.29, 0.717) is 10.6 Å². The Morgan fingerprint density at radius 2 is 2.26 bits per heavy atom. The normalized spacial score (nSPS) is 14.6. The smallest absolute Gasteiger partial charge is 0.280 e. The summed E-state index contributed by atoms with van der Waals surface area (Å²) in [5.74, 6) is -0.226. The number of hydrogen-bond donors (Lipinski definition) is 1. The van der Waals surface area contributed by atoms with Crippen LogP contribution >= 0.6 is 12.2 Å². The molecule has 0 aliphatic heterocycles. The lowest BCUT2D eigenvalue weighted by Gasteiger charge is -2.05. The van der Waals surface area contributed by atoms with E-state index in [9.17, 15) is 14.5 Å². The summed E-state index contributed by atoms with van der Waals surface area (Å²) in [4.78, 5) is 10.5. The molecule has 1 aliphatic rings. The molecule has 0 amide bonds. The number of aromatic nitrogens is 3. The van der Waals surface area contributed by atoms with Crippen LogP contribution in [0.1, 0.15) is 18.9 Å². The molecule has 0 atom stereocenters. The fourth-order valence-corrected chi connectivity index (χ4v) is 2.29. The Kier molecular flexibility index (Phi) is 2.67. The molecule has 0 unspecified atom stereocenters. The van der Waals surface area contributed by atoms with Gasteiger partial charge in [0.15, 0.2) is 10.6 Å². The van der Waals surface area contributed by atoms with Gasteiger partial charge in [0.05, 0.1) is 10.5 Å². The van der Waals surface area contributed by atoms with Gasteiger partial charge in [-0.2, -0.15) is 5.10 Å². The van der Waals surface area contributed by atoms with Gasteiger partial charge in [-0.15, -0.1) is 0 Å². The zero-order valence-electron chi connectivity index (χ0n) is 9.67. The maximum Gasteiger partial charge on any atom is 0.280 e. The van der Waals surface area contributed by atoms with Gasteiger partial charge in [-0.3, -0.25) is 19.8 Å². The Morgan fingerprint density at radius 3 is 2.89 bits per heavy atom. The standard InChI is InChI=1S/C11H9FN4O2S/c12-6-1-4-9(16(17)18)8(5-6)10-13-14-11(19)15(10)7-2-3-7/h1,4-5,7H,2-3H2,(H,14,19). The first-order chi connectivity index (χ1) is 9.08. The number of nitro groups is 1. The molecule has 19 heavy (non-hydrogen) atoms. The van der Waals surface area contributed by atoms with Gasteiger partial charge in [-0.1, -0.05) is 0 Å². The van der Waals surface area contributed by atoms with Crippen molar-refractivity contribution in [3.63, 3.8) is 0 Å². The molecule has 0 radical (unpaired) electrons. The van der Waals surface area contributed by atoms with E-state index in [1.807, 2.05) is 0 Å². The zero-order chi connectivity index (χ0) is 13.6. The molecule has 1 heterocycles. The van der Waals surface area contributed by atoms with Crippen molar-refractivity contribution < 1.29 is 9.31 Å². The highest BCUT2D eigenvalue weighted by Crippen LogP contribution is 2.39. The molecule has 3 rings (SSSR count). The molecule has 1 N–H and O–H groups in total. The zero-order valence-corrected chi connectivity index (χ0v) is 10.5. The van der Waals surface area contributed by atoms with Crippen molar-refractivity contribution in [3.8, 4) is 11.4 Å². The molecule has 1 aromatic heterocycles. The summed E-state index contributed by atoms with van der Waals surface area (Å²) in [5, 5.41) is 17.6. The Morgan fingerprint density at radius 1 is 1.53 bits per heavy atom.